The molecule has 1 aliphatic rings. The van der Waals surface area contributed by atoms with Crippen LogP contribution in [0.25, 0.3) is 22.1 Å². The Balaban J connectivity index is 1.28. The zero-order valence-corrected chi connectivity index (χ0v) is 19.8. The molecule has 1 saturated heterocycles. The first-order valence-electron chi connectivity index (χ1n) is 11.5. The SMILES string of the molecule is Cc1cc(Nc2ncnc3cnc(N4CCOCC4)nc23)c(F)cc1Oc1ccc2c(c1)ncn2C. The van der Waals surface area contributed by atoms with Crippen LogP contribution in [0.4, 0.5) is 21.8 Å². The summed E-state index contributed by atoms with van der Waals surface area (Å²) in [5, 5.41) is 3.08. The number of rotatable bonds is 5. The average Bonchev–Trinajstić information content (AvgIpc) is 3.27. The fraction of sp³-hybridized carbons (Fsp3) is 0.240. The smallest absolute Gasteiger partial charge is 0.226 e. The monoisotopic (exact) mass is 486 g/mol. The van der Waals surface area contributed by atoms with E-state index in [0.29, 0.717) is 60.6 Å². The number of aromatic nitrogens is 6. The fourth-order valence-electron chi connectivity index (χ4n) is 4.15. The van der Waals surface area contributed by atoms with Gasteiger partial charge in [0.2, 0.25) is 5.95 Å². The zero-order chi connectivity index (χ0) is 24.6. The van der Waals surface area contributed by atoms with E-state index in [-0.39, 0.29) is 5.69 Å². The van der Waals surface area contributed by atoms with Crippen molar-refractivity contribution in [3.8, 4) is 11.5 Å². The molecule has 5 aromatic rings. The Bertz CT molecular complexity index is 1580. The van der Waals surface area contributed by atoms with Crippen LogP contribution in [0, 0.1) is 12.7 Å². The molecule has 0 bridgehead atoms. The van der Waals surface area contributed by atoms with Crippen LogP contribution in [0.1, 0.15) is 5.56 Å². The van der Waals surface area contributed by atoms with E-state index in [1.807, 2.05) is 41.6 Å². The van der Waals surface area contributed by atoms with Crippen LogP contribution in [-0.4, -0.2) is 55.8 Å². The molecule has 1 aliphatic heterocycles. The summed E-state index contributed by atoms with van der Waals surface area (Å²) in [5.41, 5.74) is 3.87. The Morgan fingerprint density at radius 1 is 1.03 bits per heavy atom. The van der Waals surface area contributed by atoms with Crippen LogP contribution < -0.4 is 15.0 Å². The van der Waals surface area contributed by atoms with Gasteiger partial charge in [0.25, 0.3) is 0 Å². The van der Waals surface area contributed by atoms with Gasteiger partial charge in [0, 0.05) is 32.3 Å². The quantitative estimate of drug-likeness (QED) is 0.393. The number of benzene rings is 2. The topological polar surface area (TPSA) is 103 Å². The van der Waals surface area contributed by atoms with Gasteiger partial charge < -0.3 is 24.3 Å². The first-order chi connectivity index (χ1) is 17.5. The number of hydrogen-bond donors (Lipinski definition) is 1. The summed E-state index contributed by atoms with van der Waals surface area (Å²) in [6.45, 7) is 4.49. The molecule has 0 atom stereocenters. The molecule has 0 spiro atoms. The van der Waals surface area contributed by atoms with Gasteiger partial charge in [-0.15, -0.1) is 0 Å². The third kappa shape index (κ3) is 4.13. The maximum atomic E-state index is 15.2. The molecule has 182 valence electrons. The molecular formula is C25H23FN8O2. The largest absolute Gasteiger partial charge is 0.457 e. The highest BCUT2D eigenvalue weighted by atomic mass is 19.1. The number of halogens is 1. The van der Waals surface area contributed by atoms with Crippen LogP contribution >= 0.6 is 0 Å². The van der Waals surface area contributed by atoms with Gasteiger partial charge in [-0.3, -0.25) is 0 Å². The van der Waals surface area contributed by atoms with E-state index in [2.05, 4.69) is 30.2 Å². The molecule has 0 aliphatic carbocycles. The van der Waals surface area contributed by atoms with Crippen LogP contribution in [0.15, 0.2) is 49.2 Å². The number of aryl methyl sites for hydroxylation is 2. The Morgan fingerprint density at radius 3 is 2.75 bits per heavy atom. The van der Waals surface area contributed by atoms with Gasteiger partial charge in [-0.1, -0.05) is 0 Å². The molecule has 3 aromatic heterocycles. The van der Waals surface area contributed by atoms with Crippen molar-refractivity contribution in [1.82, 2.24) is 29.5 Å². The first kappa shape index (κ1) is 22.1. The number of morpholine rings is 1. The Kier molecular flexibility index (Phi) is 5.53. The van der Waals surface area contributed by atoms with Gasteiger partial charge in [0.1, 0.15) is 34.7 Å². The molecule has 6 rings (SSSR count). The maximum Gasteiger partial charge on any atom is 0.226 e. The summed E-state index contributed by atoms with van der Waals surface area (Å²) in [6, 6.07) is 8.64. The van der Waals surface area contributed by atoms with Crippen LogP contribution in [0.2, 0.25) is 0 Å². The number of fused-ring (bicyclic) bond motifs is 2. The summed E-state index contributed by atoms with van der Waals surface area (Å²) in [5.74, 6) is 1.47. The van der Waals surface area contributed by atoms with E-state index >= 15 is 4.39 Å². The molecule has 2 aromatic carbocycles. The van der Waals surface area contributed by atoms with Gasteiger partial charge in [-0.2, -0.15) is 0 Å². The van der Waals surface area contributed by atoms with Gasteiger partial charge in [-0.25, -0.2) is 29.3 Å². The van der Waals surface area contributed by atoms with E-state index in [0.717, 1.165) is 16.6 Å². The minimum absolute atomic E-state index is 0.256. The predicted molar refractivity (Wildman–Crippen MR) is 133 cm³/mol. The second-order valence-corrected chi connectivity index (χ2v) is 8.56. The zero-order valence-electron chi connectivity index (χ0n) is 19.8. The Hall–Kier alpha value is -4.38. The molecule has 1 N–H and O–H groups in total. The van der Waals surface area contributed by atoms with Crippen molar-refractivity contribution in [2.75, 3.05) is 36.5 Å². The fourth-order valence-corrected chi connectivity index (χ4v) is 4.15. The number of anilines is 3. The number of nitrogens with zero attached hydrogens (tertiary/aromatic N) is 7. The lowest BCUT2D eigenvalue weighted by atomic mass is 10.2. The van der Waals surface area contributed by atoms with E-state index in [1.165, 1.54) is 12.4 Å². The minimum Gasteiger partial charge on any atom is -0.457 e. The molecule has 10 nitrogen and oxygen atoms in total. The van der Waals surface area contributed by atoms with E-state index in [9.17, 15) is 0 Å². The van der Waals surface area contributed by atoms with Crippen molar-refractivity contribution in [3.63, 3.8) is 0 Å². The van der Waals surface area contributed by atoms with Crippen LogP contribution in [0.3, 0.4) is 0 Å². The van der Waals surface area contributed by atoms with Crippen LogP contribution in [-0.2, 0) is 11.8 Å². The molecule has 0 amide bonds. The standard InChI is InChI=1S/C25H23FN8O2/c1-15-9-18(17(26)11-22(15)36-16-3-4-21-19(10-16)30-14-33(21)2)31-24-23-20(28-13-29-24)12-27-25(32-23)34-5-7-35-8-6-34/h3-4,9-14H,5-8H2,1-2H3,(H,28,29,31). The molecule has 36 heavy (non-hydrogen) atoms. The second-order valence-electron chi connectivity index (χ2n) is 8.56. The summed E-state index contributed by atoms with van der Waals surface area (Å²) in [6.07, 6.45) is 4.79. The predicted octanol–water partition coefficient (Wildman–Crippen LogP) is 4.13. The van der Waals surface area contributed by atoms with E-state index < -0.39 is 5.82 Å². The molecular weight excluding hydrogens is 463 g/mol. The van der Waals surface area contributed by atoms with Gasteiger partial charge in [-0.05, 0) is 30.7 Å². The number of nitrogens with one attached hydrogen (secondary N) is 1. The van der Waals surface area contributed by atoms with Crippen molar-refractivity contribution in [3.05, 3.63) is 60.6 Å². The maximum absolute atomic E-state index is 15.2. The van der Waals surface area contributed by atoms with Gasteiger partial charge >= 0.3 is 0 Å². The van der Waals surface area contributed by atoms with Crippen molar-refractivity contribution in [2.24, 2.45) is 7.05 Å². The minimum atomic E-state index is -0.483. The van der Waals surface area contributed by atoms with Gasteiger partial charge in [0.05, 0.1) is 42.5 Å². The van der Waals surface area contributed by atoms with Crippen molar-refractivity contribution in [2.45, 2.75) is 6.92 Å². The third-order valence-corrected chi connectivity index (χ3v) is 6.10. The molecule has 1 fully saturated rings. The lowest BCUT2D eigenvalue weighted by Gasteiger charge is -2.26. The van der Waals surface area contributed by atoms with Crippen molar-refractivity contribution >= 4 is 39.5 Å². The third-order valence-electron chi connectivity index (χ3n) is 6.10. The number of imidazole rings is 1. The highest BCUT2D eigenvalue weighted by molar-refractivity contribution is 5.87. The normalized spacial score (nSPS) is 13.9. The number of hydrogen-bond acceptors (Lipinski definition) is 9. The highest BCUT2D eigenvalue weighted by Gasteiger charge is 2.17. The molecule has 0 saturated carbocycles. The molecule has 11 heteroatoms. The summed E-state index contributed by atoms with van der Waals surface area (Å²) >= 11 is 0. The summed E-state index contributed by atoms with van der Waals surface area (Å²) in [4.78, 5) is 24.1. The Morgan fingerprint density at radius 2 is 1.89 bits per heavy atom. The molecule has 4 heterocycles. The summed E-state index contributed by atoms with van der Waals surface area (Å²) < 4.78 is 28.5. The van der Waals surface area contributed by atoms with Crippen molar-refractivity contribution in [1.29, 1.82) is 0 Å². The first-order valence-corrected chi connectivity index (χ1v) is 11.5. The molecule has 0 radical (unpaired) electrons. The highest BCUT2D eigenvalue weighted by Crippen LogP contribution is 2.33. The number of ether oxygens (including phenoxy) is 2. The summed E-state index contributed by atoms with van der Waals surface area (Å²) in [7, 11) is 1.93. The lowest BCUT2D eigenvalue weighted by molar-refractivity contribution is 0.122. The lowest BCUT2D eigenvalue weighted by Crippen LogP contribution is -2.37. The molecule has 0 unspecified atom stereocenters. The van der Waals surface area contributed by atoms with E-state index in [4.69, 9.17) is 9.47 Å². The average molecular weight is 487 g/mol. The van der Waals surface area contributed by atoms with E-state index in [1.54, 1.807) is 18.6 Å². The Labute approximate surface area is 205 Å². The van der Waals surface area contributed by atoms with Crippen LogP contribution in [0.5, 0.6) is 11.5 Å². The second kappa shape index (κ2) is 9.00. The van der Waals surface area contributed by atoms with Crippen molar-refractivity contribution < 1.29 is 13.9 Å². The van der Waals surface area contributed by atoms with Gasteiger partial charge in [0.15, 0.2) is 5.82 Å².